The molecule has 1 aliphatic rings. The Balaban J connectivity index is 2.37. The van der Waals surface area contributed by atoms with Gasteiger partial charge in [0.2, 0.25) is 0 Å². The van der Waals surface area contributed by atoms with Crippen LogP contribution in [0.15, 0.2) is 4.40 Å². The molecule has 1 aliphatic heterocycles. The maximum Gasteiger partial charge on any atom is 0.139 e. The van der Waals surface area contributed by atoms with Crippen molar-refractivity contribution in [2.45, 2.75) is 26.2 Å². The van der Waals surface area contributed by atoms with Crippen LogP contribution in [0.2, 0.25) is 0 Å². The van der Waals surface area contributed by atoms with Gasteiger partial charge in [-0.15, -0.1) is 0 Å². The average molecular weight is 205 g/mol. The number of thioether (sulfide) groups is 1. The zero-order chi connectivity index (χ0) is 8.81. The fourth-order valence-corrected chi connectivity index (χ4v) is 2.98. The molecule has 0 spiro atoms. The van der Waals surface area contributed by atoms with Crippen molar-refractivity contribution in [1.82, 2.24) is 0 Å². The van der Waals surface area contributed by atoms with Crippen LogP contribution in [0.4, 0.5) is 0 Å². The maximum atomic E-state index is 11.2. The van der Waals surface area contributed by atoms with Crippen molar-refractivity contribution in [3.63, 3.8) is 0 Å². The predicted octanol–water partition coefficient (Wildman–Crippen LogP) is 2.03. The van der Waals surface area contributed by atoms with Crippen LogP contribution in [-0.2, 0) is 11.0 Å². The minimum atomic E-state index is -0.943. The molecule has 0 bridgehead atoms. The molecule has 1 unspecified atom stereocenters. The summed E-state index contributed by atoms with van der Waals surface area (Å²) in [6.45, 7) is 2.04. The molecule has 0 aliphatic carbocycles. The molecular weight excluding hydrogens is 190 g/mol. The van der Waals surface area contributed by atoms with Crippen molar-refractivity contribution in [3.8, 4) is 0 Å². The van der Waals surface area contributed by atoms with Crippen LogP contribution in [0.3, 0.4) is 0 Å². The number of nitrogens with zero attached hydrogens (tertiary/aromatic N) is 1. The zero-order valence-corrected chi connectivity index (χ0v) is 9.05. The van der Waals surface area contributed by atoms with Crippen LogP contribution >= 0.6 is 11.8 Å². The van der Waals surface area contributed by atoms with Crippen molar-refractivity contribution in [2.24, 2.45) is 4.40 Å². The Hall–Kier alpha value is 0.170. The smallest absolute Gasteiger partial charge is 0.139 e. The quantitative estimate of drug-likeness (QED) is 0.705. The first-order valence-corrected chi connectivity index (χ1v) is 6.78. The van der Waals surface area contributed by atoms with E-state index in [-0.39, 0.29) is 0 Å². The third kappa shape index (κ3) is 3.72. The van der Waals surface area contributed by atoms with E-state index in [0.29, 0.717) is 5.75 Å². The standard InChI is InChI=1S/C8H15NOS2/c1-2-6-12(10)9-8-4-3-5-11-7-8/h2-7H2,1H3. The van der Waals surface area contributed by atoms with Gasteiger partial charge in [0.05, 0.1) is 0 Å². The summed E-state index contributed by atoms with van der Waals surface area (Å²) >= 11 is 1.90. The normalized spacial score (nSPS) is 24.2. The molecule has 12 heavy (non-hydrogen) atoms. The highest BCUT2D eigenvalue weighted by atomic mass is 32.2. The van der Waals surface area contributed by atoms with E-state index in [1.54, 1.807) is 0 Å². The fraction of sp³-hybridized carbons (Fsp3) is 0.875. The molecule has 4 heteroatoms. The summed E-state index contributed by atoms with van der Waals surface area (Å²) in [4.78, 5) is 0. The predicted molar refractivity (Wildman–Crippen MR) is 57.3 cm³/mol. The largest absolute Gasteiger partial charge is 0.235 e. The molecule has 0 saturated carbocycles. The van der Waals surface area contributed by atoms with E-state index in [1.807, 2.05) is 18.7 Å². The number of rotatable bonds is 3. The molecule has 1 rings (SSSR count). The molecule has 1 atom stereocenters. The fourth-order valence-electron chi connectivity index (χ4n) is 1.08. The molecule has 2 nitrogen and oxygen atoms in total. The lowest BCUT2D eigenvalue weighted by Gasteiger charge is -2.11. The Kier molecular flexibility index (Phi) is 4.92. The van der Waals surface area contributed by atoms with E-state index >= 15 is 0 Å². The van der Waals surface area contributed by atoms with Crippen molar-refractivity contribution in [1.29, 1.82) is 0 Å². The summed E-state index contributed by atoms with van der Waals surface area (Å²) in [6, 6.07) is 0. The van der Waals surface area contributed by atoms with Gasteiger partial charge in [-0.1, -0.05) is 6.92 Å². The van der Waals surface area contributed by atoms with Gasteiger partial charge in [0.15, 0.2) is 0 Å². The van der Waals surface area contributed by atoms with Gasteiger partial charge in [-0.25, -0.2) is 4.21 Å². The topological polar surface area (TPSA) is 29.4 Å². The highest BCUT2D eigenvalue weighted by Crippen LogP contribution is 2.15. The van der Waals surface area contributed by atoms with Crippen molar-refractivity contribution in [2.75, 3.05) is 17.3 Å². The number of hydrogen-bond donors (Lipinski definition) is 0. The lowest BCUT2D eigenvalue weighted by atomic mass is 10.2. The summed E-state index contributed by atoms with van der Waals surface area (Å²) in [5.74, 6) is 2.95. The van der Waals surface area contributed by atoms with Gasteiger partial charge in [-0.2, -0.15) is 16.2 Å². The van der Waals surface area contributed by atoms with Gasteiger partial charge in [-0.3, -0.25) is 0 Å². The lowest BCUT2D eigenvalue weighted by molar-refractivity contribution is 0.683. The van der Waals surface area contributed by atoms with Crippen LogP contribution in [-0.4, -0.2) is 27.2 Å². The van der Waals surface area contributed by atoms with Crippen LogP contribution in [0.5, 0.6) is 0 Å². The first-order valence-electron chi connectivity index (χ1n) is 4.35. The zero-order valence-electron chi connectivity index (χ0n) is 7.41. The highest BCUT2D eigenvalue weighted by Gasteiger charge is 2.07. The number of hydrogen-bond acceptors (Lipinski definition) is 2. The third-order valence-corrected chi connectivity index (χ3v) is 3.97. The molecule has 1 fully saturated rings. The van der Waals surface area contributed by atoms with Crippen molar-refractivity contribution in [3.05, 3.63) is 0 Å². The van der Waals surface area contributed by atoms with Gasteiger partial charge >= 0.3 is 0 Å². The van der Waals surface area contributed by atoms with Gasteiger partial charge in [0.1, 0.15) is 11.0 Å². The highest BCUT2D eigenvalue weighted by molar-refractivity contribution is 8.00. The molecule has 70 valence electrons. The SMILES string of the molecule is CCCS(=O)N=C1CCCSC1. The van der Waals surface area contributed by atoms with Gasteiger partial charge in [0.25, 0.3) is 0 Å². The Morgan fingerprint density at radius 2 is 2.50 bits per heavy atom. The summed E-state index contributed by atoms with van der Waals surface area (Å²) in [5.41, 5.74) is 1.15. The second kappa shape index (κ2) is 5.75. The molecule has 0 aromatic heterocycles. The van der Waals surface area contributed by atoms with Crippen molar-refractivity contribution >= 4 is 28.5 Å². The minimum Gasteiger partial charge on any atom is -0.235 e. The Bertz CT molecular complexity index is 183. The minimum absolute atomic E-state index is 0.716. The van der Waals surface area contributed by atoms with Crippen LogP contribution in [0.25, 0.3) is 0 Å². The lowest BCUT2D eigenvalue weighted by Crippen LogP contribution is -2.10. The van der Waals surface area contributed by atoms with Crippen LogP contribution < -0.4 is 0 Å². The second-order valence-electron chi connectivity index (χ2n) is 2.84. The Morgan fingerprint density at radius 3 is 3.08 bits per heavy atom. The van der Waals surface area contributed by atoms with Crippen molar-refractivity contribution < 1.29 is 4.21 Å². The first-order chi connectivity index (χ1) is 5.83. The summed E-state index contributed by atoms with van der Waals surface area (Å²) in [5, 5.41) is 0. The monoisotopic (exact) mass is 205 g/mol. The van der Waals surface area contributed by atoms with Gasteiger partial charge in [-0.05, 0) is 25.0 Å². The molecule has 0 amide bonds. The summed E-state index contributed by atoms with van der Waals surface area (Å²) < 4.78 is 15.4. The Labute approximate surface area is 80.8 Å². The van der Waals surface area contributed by atoms with E-state index in [1.165, 1.54) is 12.2 Å². The summed E-state index contributed by atoms with van der Waals surface area (Å²) in [7, 11) is -0.943. The molecule has 1 heterocycles. The van der Waals surface area contributed by atoms with E-state index in [9.17, 15) is 4.21 Å². The Morgan fingerprint density at radius 1 is 1.67 bits per heavy atom. The molecule has 0 N–H and O–H groups in total. The van der Waals surface area contributed by atoms with E-state index in [4.69, 9.17) is 0 Å². The molecule has 0 aromatic rings. The third-order valence-electron chi connectivity index (χ3n) is 1.63. The second-order valence-corrected chi connectivity index (χ2v) is 5.18. The molecule has 0 radical (unpaired) electrons. The van der Waals surface area contributed by atoms with E-state index < -0.39 is 11.0 Å². The van der Waals surface area contributed by atoms with E-state index in [0.717, 1.165) is 24.3 Å². The first kappa shape index (κ1) is 10.3. The summed E-state index contributed by atoms with van der Waals surface area (Å²) in [6.07, 6.45) is 3.21. The molecule has 1 saturated heterocycles. The van der Waals surface area contributed by atoms with Crippen LogP contribution in [0.1, 0.15) is 26.2 Å². The average Bonchev–Trinajstić information content (AvgIpc) is 2.06. The van der Waals surface area contributed by atoms with Gasteiger partial charge in [0, 0.05) is 17.2 Å². The van der Waals surface area contributed by atoms with E-state index in [2.05, 4.69) is 4.40 Å². The maximum absolute atomic E-state index is 11.2. The van der Waals surface area contributed by atoms with Crippen LogP contribution in [0, 0.1) is 0 Å². The molecular formula is C8H15NOS2. The van der Waals surface area contributed by atoms with Gasteiger partial charge < -0.3 is 0 Å². The molecule has 0 aromatic carbocycles.